The monoisotopic (exact) mass is 460 g/mol. The number of hydrogen-bond donors (Lipinski definition) is 0. The third kappa shape index (κ3) is 6.04. The minimum atomic E-state index is -4.51. The molecule has 2 unspecified atom stereocenters. The Balaban J connectivity index is 2.75. The fourth-order valence-electron chi connectivity index (χ4n) is 4.22. The molecule has 8 heteroatoms. The van der Waals surface area contributed by atoms with Crippen molar-refractivity contribution in [2.75, 3.05) is 26.2 Å². The van der Waals surface area contributed by atoms with Gasteiger partial charge in [-0.25, -0.2) is 0 Å². The van der Waals surface area contributed by atoms with Crippen molar-refractivity contribution in [1.82, 2.24) is 9.80 Å². The van der Waals surface area contributed by atoms with E-state index in [1.807, 2.05) is 37.5 Å². The molecular weight excluding hydrogens is 430 g/mol. The number of alkyl halides is 6. The van der Waals surface area contributed by atoms with Crippen LogP contribution in [-0.4, -0.2) is 36.0 Å². The molecule has 0 fully saturated rings. The second-order valence-electron chi connectivity index (χ2n) is 7.58. The molecule has 2 nitrogen and oxygen atoms in total. The second-order valence-corrected chi connectivity index (χ2v) is 7.58. The van der Waals surface area contributed by atoms with Gasteiger partial charge in [-0.3, -0.25) is 9.80 Å². The van der Waals surface area contributed by atoms with Crippen LogP contribution in [0.15, 0.2) is 48.5 Å². The van der Waals surface area contributed by atoms with E-state index in [1.54, 1.807) is 12.1 Å². The normalized spacial score (nSPS) is 14.8. The van der Waals surface area contributed by atoms with Gasteiger partial charge in [-0.2, -0.15) is 26.3 Å². The lowest BCUT2D eigenvalue weighted by molar-refractivity contribution is -0.138. The van der Waals surface area contributed by atoms with Crippen LogP contribution in [-0.2, 0) is 12.4 Å². The second kappa shape index (κ2) is 10.7. The molecule has 2 rings (SSSR count). The zero-order chi connectivity index (χ0) is 24.1. The number of hydrogen-bond acceptors (Lipinski definition) is 2. The molecule has 0 spiro atoms. The lowest BCUT2D eigenvalue weighted by Gasteiger charge is -2.42. The topological polar surface area (TPSA) is 6.48 Å². The maximum absolute atomic E-state index is 13.4. The van der Waals surface area contributed by atoms with Crippen LogP contribution in [0.2, 0.25) is 0 Å². The summed E-state index contributed by atoms with van der Waals surface area (Å²) in [7, 11) is 0. The van der Waals surface area contributed by atoms with Gasteiger partial charge in [0.15, 0.2) is 0 Å². The number of likely N-dealkylation sites (N-methyl/N-ethyl adjacent to an activating group) is 2. The van der Waals surface area contributed by atoms with Gasteiger partial charge in [0.25, 0.3) is 0 Å². The van der Waals surface area contributed by atoms with E-state index in [2.05, 4.69) is 0 Å². The summed E-state index contributed by atoms with van der Waals surface area (Å²) in [6.45, 7) is 9.74. The number of benzene rings is 2. The van der Waals surface area contributed by atoms with Crippen LogP contribution >= 0.6 is 0 Å². The maximum atomic E-state index is 13.4. The van der Waals surface area contributed by atoms with E-state index in [0.717, 1.165) is 24.3 Å². The highest BCUT2D eigenvalue weighted by Gasteiger charge is 2.37. The Bertz CT molecular complexity index is 783. The molecular formula is C24H30F6N2. The van der Waals surface area contributed by atoms with E-state index in [4.69, 9.17) is 0 Å². The van der Waals surface area contributed by atoms with Crippen molar-refractivity contribution in [3.8, 4) is 0 Å². The summed E-state index contributed by atoms with van der Waals surface area (Å²) in [5, 5.41) is 0. The maximum Gasteiger partial charge on any atom is 0.416 e. The first-order chi connectivity index (χ1) is 15.0. The first-order valence-electron chi connectivity index (χ1n) is 10.8. The largest absolute Gasteiger partial charge is 0.416 e. The molecule has 0 N–H and O–H groups in total. The molecule has 0 amide bonds. The smallest absolute Gasteiger partial charge is 0.295 e. The van der Waals surface area contributed by atoms with Crippen molar-refractivity contribution in [1.29, 1.82) is 0 Å². The van der Waals surface area contributed by atoms with E-state index >= 15 is 0 Å². The quantitative estimate of drug-likeness (QED) is 0.366. The molecule has 2 aromatic carbocycles. The van der Waals surface area contributed by atoms with Gasteiger partial charge in [-0.05, 0) is 61.6 Å². The summed E-state index contributed by atoms with van der Waals surface area (Å²) in [5.74, 6) is 0. The van der Waals surface area contributed by atoms with Crippen molar-refractivity contribution in [2.24, 2.45) is 0 Å². The van der Waals surface area contributed by atoms with Gasteiger partial charge in [0.1, 0.15) is 0 Å². The van der Waals surface area contributed by atoms with Crippen molar-refractivity contribution >= 4 is 0 Å². The van der Waals surface area contributed by atoms with Gasteiger partial charge in [0.05, 0.1) is 23.2 Å². The molecule has 0 aromatic heterocycles. The Morgan fingerprint density at radius 2 is 0.906 bits per heavy atom. The lowest BCUT2D eigenvalue weighted by atomic mass is 9.88. The molecule has 0 aliphatic carbocycles. The molecule has 0 saturated carbocycles. The zero-order valence-electron chi connectivity index (χ0n) is 18.8. The highest BCUT2D eigenvalue weighted by molar-refractivity contribution is 5.34. The van der Waals surface area contributed by atoms with E-state index in [0.29, 0.717) is 37.3 Å². The van der Waals surface area contributed by atoms with Gasteiger partial charge in [-0.15, -0.1) is 0 Å². The van der Waals surface area contributed by atoms with Crippen LogP contribution < -0.4 is 0 Å². The molecule has 0 aliphatic rings. The highest BCUT2D eigenvalue weighted by Crippen LogP contribution is 2.42. The highest BCUT2D eigenvalue weighted by atomic mass is 19.4. The Labute approximate surface area is 185 Å². The zero-order valence-corrected chi connectivity index (χ0v) is 18.8. The van der Waals surface area contributed by atoms with Crippen LogP contribution in [0.1, 0.15) is 62.0 Å². The third-order valence-corrected chi connectivity index (χ3v) is 5.82. The number of rotatable bonds is 9. The predicted molar refractivity (Wildman–Crippen MR) is 114 cm³/mol. The molecule has 0 radical (unpaired) electrons. The van der Waals surface area contributed by atoms with E-state index in [1.165, 1.54) is 12.1 Å². The van der Waals surface area contributed by atoms with E-state index in [9.17, 15) is 26.3 Å². The third-order valence-electron chi connectivity index (χ3n) is 5.82. The van der Waals surface area contributed by atoms with E-state index in [-0.39, 0.29) is 0 Å². The first kappa shape index (κ1) is 26.2. The molecule has 0 aliphatic heterocycles. The van der Waals surface area contributed by atoms with Gasteiger partial charge < -0.3 is 0 Å². The van der Waals surface area contributed by atoms with Gasteiger partial charge in [-0.1, -0.05) is 52.0 Å². The molecule has 32 heavy (non-hydrogen) atoms. The molecule has 0 saturated heterocycles. The van der Waals surface area contributed by atoms with Crippen molar-refractivity contribution in [2.45, 2.75) is 52.1 Å². The standard InChI is InChI=1S/C24H30F6N2/c1-5-31(6-2)21(17-11-9-13-19(15-17)23(25,26)27)22(32(7-3)8-4)18-12-10-14-20(16-18)24(28,29)30/h9-16,21-22H,5-8H2,1-4H3. The van der Waals surface area contributed by atoms with Crippen LogP contribution in [0, 0.1) is 0 Å². The van der Waals surface area contributed by atoms with Crippen LogP contribution in [0.25, 0.3) is 0 Å². The van der Waals surface area contributed by atoms with Crippen molar-refractivity contribution in [3.63, 3.8) is 0 Å². The summed E-state index contributed by atoms with van der Waals surface area (Å²) < 4.78 is 80.7. The van der Waals surface area contributed by atoms with Gasteiger partial charge in [0.2, 0.25) is 0 Å². The van der Waals surface area contributed by atoms with Crippen LogP contribution in [0.4, 0.5) is 26.3 Å². The first-order valence-corrected chi connectivity index (χ1v) is 10.8. The van der Waals surface area contributed by atoms with E-state index < -0.39 is 35.6 Å². The molecule has 178 valence electrons. The van der Waals surface area contributed by atoms with Crippen LogP contribution in [0.3, 0.4) is 0 Å². The average Bonchev–Trinajstić information content (AvgIpc) is 2.75. The Kier molecular flexibility index (Phi) is 8.76. The van der Waals surface area contributed by atoms with Crippen molar-refractivity contribution < 1.29 is 26.3 Å². The van der Waals surface area contributed by atoms with Crippen LogP contribution in [0.5, 0.6) is 0 Å². The predicted octanol–water partition coefficient (Wildman–Crippen LogP) is 7.19. The fourth-order valence-corrected chi connectivity index (χ4v) is 4.22. The summed E-state index contributed by atoms with van der Waals surface area (Å²) in [6, 6.07) is 9.12. The Morgan fingerprint density at radius 3 is 1.16 bits per heavy atom. The fraction of sp³-hybridized carbons (Fsp3) is 0.500. The summed E-state index contributed by atoms with van der Waals surface area (Å²) in [4.78, 5) is 4.00. The number of nitrogens with zero attached hydrogens (tertiary/aromatic N) is 2. The Morgan fingerprint density at radius 1 is 0.594 bits per heavy atom. The molecule has 2 aromatic rings. The molecule has 2 atom stereocenters. The lowest BCUT2D eigenvalue weighted by Crippen LogP contribution is -2.41. The summed E-state index contributed by atoms with van der Waals surface area (Å²) in [5.41, 5.74) is -0.681. The molecule has 0 bridgehead atoms. The minimum absolute atomic E-state index is 0.429. The SMILES string of the molecule is CCN(CC)C(c1cccc(C(F)(F)F)c1)C(c1cccc(C(F)(F)F)c1)N(CC)CC. The summed E-state index contributed by atoms with van der Waals surface area (Å²) in [6.07, 6.45) is -9.02. The number of halogens is 6. The van der Waals surface area contributed by atoms with Crippen molar-refractivity contribution in [3.05, 3.63) is 70.8 Å². The average molecular weight is 461 g/mol. The minimum Gasteiger partial charge on any atom is -0.295 e. The van der Waals surface area contributed by atoms with Gasteiger partial charge >= 0.3 is 12.4 Å². The van der Waals surface area contributed by atoms with Gasteiger partial charge in [0, 0.05) is 0 Å². The summed E-state index contributed by atoms with van der Waals surface area (Å²) >= 11 is 0. The molecule has 0 heterocycles. The Hall–Kier alpha value is -2.06.